The molecule has 0 fully saturated rings. The molecule has 31 heavy (non-hydrogen) atoms. The molecule has 7 nitrogen and oxygen atoms in total. The maximum Gasteiger partial charge on any atom is 0.363 e. The van der Waals surface area contributed by atoms with Crippen molar-refractivity contribution < 1.29 is 28.2 Å². The van der Waals surface area contributed by atoms with Crippen LogP contribution in [0.1, 0.15) is 23.8 Å². The predicted molar refractivity (Wildman–Crippen MR) is 113 cm³/mol. The highest BCUT2D eigenvalue weighted by atomic mass is 16.6. The van der Waals surface area contributed by atoms with Gasteiger partial charge in [0.15, 0.2) is 23.0 Å². The molecule has 0 spiro atoms. The van der Waals surface area contributed by atoms with Crippen molar-refractivity contribution in [3.05, 3.63) is 89.5 Å². The molecule has 1 aliphatic rings. The Morgan fingerprint density at radius 1 is 1.06 bits per heavy atom. The molecule has 0 amide bonds. The third-order valence-corrected chi connectivity index (χ3v) is 4.34. The van der Waals surface area contributed by atoms with Crippen LogP contribution in [-0.4, -0.2) is 24.4 Å². The quantitative estimate of drug-likeness (QED) is 0.326. The number of furan rings is 1. The van der Waals surface area contributed by atoms with Crippen LogP contribution >= 0.6 is 0 Å². The standard InChI is InChI=1S/C24H19NO6/c1-2-28-21-14-17(13-18-24(27)31-23(25-18)20-9-6-12-29-20)10-11-19(21)30-22(26)15-16-7-4-3-5-8-16/h3-14H,2,15H2,1H3. The van der Waals surface area contributed by atoms with Crippen LogP contribution in [0.25, 0.3) is 6.08 Å². The number of hydrogen-bond acceptors (Lipinski definition) is 7. The van der Waals surface area contributed by atoms with Gasteiger partial charge in [0.1, 0.15) is 0 Å². The van der Waals surface area contributed by atoms with Gasteiger partial charge in [-0.2, -0.15) is 0 Å². The number of rotatable bonds is 7. The van der Waals surface area contributed by atoms with Crippen LogP contribution in [0.4, 0.5) is 0 Å². The molecule has 0 radical (unpaired) electrons. The number of hydrogen-bond donors (Lipinski definition) is 0. The number of aliphatic imine (C=N–C) groups is 1. The number of carbonyl (C=O) groups is 2. The Bertz CT molecular complexity index is 1150. The predicted octanol–water partition coefficient (Wildman–Crippen LogP) is 4.17. The third kappa shape index (κ3) is 4.90. The Morgan fingerprint density at radius 3 is 2.65 bits per heavy atom. The van der Waals surface area contributed by atoms with Crippen molar-refractivity contribution in [2.24, 2.45) is 4.99 Å². The van der Waals surface area contributed by atoms with Gasteiger partial charge in [-0.3, -0.25) is 4.79 Å². The van der Waals surface area contributed by atoms with E-state index in [1.165, 1.54) is 6.26 Å². The smallest absolute Gasteiger partial charge is 0.363 e. The average molecular weight is 417 g/mol. The number of ether oxygens (including phenoxy) is 3. The highest BCUT2D eigenvalue weighted by Gasteiger charge is 2.26. The summed E-state index contributed by atoms with van der Waals surface area (Å²) in [6.45, 7) is 2.21. The lowest BCUT2D eigenvalue weighted by molar-refractivity contribution is -0.133. The molecule has 0 aliphatic carbocycles. The molecule has 156 valence electrons. The van der Waals surface area contributed by atoms with Gasteiger partial charge < -0.3 is 18.6 Å². The maximum absolute atomic E-state index is 12.3. The van der Waals surface area contributed by atoms with Gasteiger partial charge >= 0.3 is 11.9 Å². The van der Waals surface area contributed by atoms with Crippen LogP contribution in [0.15, 0.2) is 82.0 Å². The van der Waals surface area contributed by atoms with E-state index < -0.39 is 11.9 Å². The first-order chi connectivity index (χ1) is 15.1. The van der Waals surface area contributed by atoms with E-state index in [2.05, 4.69) is 4.99 Å². The second kappa shape index (κ2) is 9.13. The summed E-state index contributed by atoms with van der Waals surface area (Å²) in [5.41, 5.74) is 1.63. The number of carbonyl (C=O) groups excluding carboxylic acids is 2. The summed E-state index contributed by atoms with van der Waals surface area (Å²) >= 11 is 0. The van der Waals surface area contributed by atoms with E-state index in [0.717, 1.165) is 5.56 Å². The zero-order valence-corrected chi connectivity index (χ0v) is 16.7. The fraction of sp³-hybridized carbons (Fsp3) is 0.125. The summed E-state index contributed by atoms with van der Waals surface area (Å²) in [7, 11) is 0. The van der Waals surface area contributed by atoms with E-state index in [1.807, 2.05) is 37.3 Å². The molecule has 1 aliphatic heterocycles. The van der Waals surface area contributed by atoms with Crippen molar-refractivity contribution in [1.29, 1.82) is 0 Å². The number of nitrogens with zero attached hydrogens (tertiary/aromatic N) is 1. The van der Waals surface area contributed by atoms with E-state index in [-0.39, 0.29) is 18.0 Å². The molecule has 4 rings (SSSR count). The van der Waals surface area contributed by atoms with Gasteiger partial charge in [0, 0.05) is 0 Å². The first kappa shape index (κ1) is 20.2. The van der Waals surface area contributed by atoms with Gasteiger partial charge in [0.25, 0.3) is 5.90 Å². The Balaban J connectivity index is 1.54. The summed E-state index contributed by atoms with van der Waals surface area (Å²) in [6, 6.07) is 17.7. The Hall–Kier alpha value is -4.13. The van der Waals surface area contributed by atoms with Crippen molar-refractivity contribution in [3.8, 4) is 11.5 Å². The molecule has 2 aromatic carbocycles. The zero-order chi connectivity index (χ0) is 21.6. The first-order valence-electron chi connectivity index (χ1n) is 9.70. The van der Waals surface area contributed by atoms with Crippen molar-refractivity contribution in [2.45, 2.75) is 13.3 Å². The van der Waals surface area contributed by atoms with Crippen LogP contribution in [-0.2, 0) is 20.7 Å². The largest absolute Gasteiger partial charge is 0.490 e. The monoisotopic (exact) mass is 417 g/mol. The van der Waals surface area contributed by atoms with E-state index in [0.29, 0.717) is 29.4 Å². The average Bonchev–Trinajstić information content (AvgIpc) is 3.41. The Morgan fingerprint density at radius 2 is 1.90 bits per heavy atom. The van der Waals surface area contributed by atoms with Crippen LogP contribution < -0.4 is 9.47 Å². The number of cyclic esters (lactones) is 1. The number of esters is 2. The SMILES string of the molecule is CCOc1cc(C=C2N=C(c3ccco3)OC2=O)ccc1OC(=O)Cc1ccccc1. The summed E-state index contributed by atoms with van der Waals surface area (Å²) in [5.74, 6) is 0.191. The van der Waals surface area contributed by atoms with Gasteiger partial charge in [-0.05, 0) is 48.4 Å². The lowest BCUT2D eigenvalue weighted by Crippen LogP contribution is -2.12. The van der Waals surface area contributed by atoms with Crippen molar-refractivity contribution >= 4 is 23.9 Å². The normalized spacial score (nSPS) is 14.3. The lowest BCUT2D eigenvalue weighted by atomic mass is 10.1. The fourth-order valence-electron chi connectivity index (χ4n) is 2.96. The van der Waals surface area contributed by atoms with E-state index >= 15 is 0 Å². The molecule has 2 heterocycles. The summed E-state index contributed by atoms with van der Waals surface area (Å²) in [6.07, 6.45) is 3.18. The second-order valence-electron chi connectivity index (χ2n) is 6.59. The van der Waals surface area contributed by atoms with E-state index in [9.17, 15) is 9.59 Å². The molecule has 3 aromatic rings. The van der Waals surface area contributed by atoms with Crippen LogP contribution in [0, 0.1) is 0 Å². The molecular formula is C24H19NO6. The Kier molecular flexibility index (Phi) is 5.93. The highest BCUT2D eigenvalue weighted by Crippen LogP contribution is 2.30. The van der Waals surface area contributed by atoms with Gasteiger partial charge in [-0.15, -0.1) is 0 Å². The molecule has 0 saturated heterocycles. The topological polar surface area (TPSA) is 87.3 Å². The molecule has 1 aromatic heterocycles. The minimum atomic E-state index is -0.581. The van der Waals surface area contributed by atoms with Crippen molar-refractivity contribution in [2.75, 3.05) is 6.61 Å². The number of benzene rings is 2. The molecule has 7 heteroatoms. The van der Waals surface area contributed by atoms with Gasteiger partial charge in [-0.1, -0.05) is 36.4 Å². The molecule has 0 saturated carbocycles. The lowest BCUT2D eigenvalue weighted by Gasteiger charge is -2.11. The van der Waals surface area contributed by atoms with Gasteiger partial charge in [-0.25, -0.2) is 9.79 Å². The minimum absolute atomic E-state index is 0.109. The summed E-state index contributed by atoms with van der Waals surface area (Å²) in [4.78, 5) is 28.6. The van der Waals surface area contributed by atoms with Crippen molar-refractivity contribution in [1.82, 2.24) is 0 Å². The molecule has 0 atom stereocenters. The molecule has 0 bridgehead atoms. The van der Waals surface area contributed by atoms with E-state index in [4.69, 9.17) is 18.6 Å². The van der Waals surface area contributed by atoms with E-state index in [1.54, 1.807) is 36.4 Å². The summed E-state index contributed by atoms with van der Waals surface area (Å²) < 4.78 is 21.5. The van der Waals surface area contributed by atoms with Gasteiger partial charge in [0.2, 0.25) is 0 Å². The summed E-state index contributed by atoms with van der Waals surface area (Å²) in [5, 5.41) is 0. The molecule has 0 unspecified atom stereocenters. The van der Waals surface area contributed by atoms with Gasteiger partial charge in [0.05, 0.1) is 19.3 Å². The highest BCUT2D eigenvalue weighted by molar-refractivity contribution is 6.11. The maximum atomic E-state index is 12.3. The Labute approximate surface area is 178 Å². The first-order valence-corrected chi connectivity index (χ1v) is 9.70. The van der Waals surface area contributed by atoms with Crippen LogP contribution in [0.3, 0.4) is 0 Å². The molecular weight excluding hydrogens is 398 g/mol. The third-order valence-electron chi connectivity index (χ3n) is 4.34. The molecule has 0 N–H and O–H groups in total. The van der Waals surface area contributed by atoms with Crippen LogP contribution in [0.2, 0.25) is 0 Å². The zero-order valence-electron chi connectivity index (χ0n) is 16.7. The second-order valence-corrected chi connectivity index (χ2v) is 6.59. The van der Waals surface area contributed by atoms with Crippen molar-refractivity contribution in [3.63, 3.8) is 0 Å². The fourth-order valence-corrected chi connectivity index (χ4v) is 2.96. The minimum Gasteiger partial charge on any atom is -0.490 e. The van der Waals surface area contributed by atoms with Crippen LogP contribution in [0.5, 0.6) is 11.5 Å².